The molecule has 14 heteroatoms. The number of esters is 1. The number of ether oxygens (including phenoxy) is 1. The minimum Gasteiger partial charge on any atom is -0.450 e. The molecule has 0 unspecified atom stereocenters. The zero-order valence-corrected chi connectivity index (χ0v) is 25.7. The third-order valence-corrected chi connectivity index (χ3v) is 8.79. The number of nitrogens with zero attached hydrogens (tertiary/aromatic N) is 2. The minimum absolute atomic E-state index is 0.206. The third kappa shape index (κ3) is 5.97. The number of anilines is 1. The Morgan fingerprint density at radius 1 is 1.05 bits per heavy atom. The van der Waals surface area contributed by atoms with Gasteiger partial charge in [0.25, 0.3) is 5.91 Å². The zero-order chi connectivity index (χ0) is 32.7. The van der Waals surface area contributed by atoms with Crippen molar-refractivity contribution < 1.29 is 38.9 Å². The van der Waals surface area contributed by atoms with Gasteiger partial charge in [0.1, 0.15) is 35.9 Å². The van der Waals surface area contributed by atoms with Gasteiger partial charge in [0.2, 0.25) is 17.7 Å². The number of aliphatic hydroxyl groups excluding tert-OH is 1. The Morgan fingerprint density at radius 3 is 2.30 bits per heavy atom. The van der Waals surface area contributed by atoms with E-state index < -0.39 is 89.6 Å². The first-order valence-corrected chi connectivity index (χ1v) is 15.0. The molecule has 3 aliphatic heterocycles. The van der Waals surface area contributed by atoms with Crippen LogP contribution in [0.1, 0.15) is 59.4 Å². The van der Waals surface area contributed by atoms with Gasteiger partial charge >= 0.3 is 5.97 Å². The Hall–Kier alpha value is -3.75. The fourth-order valence-electron chi connectivity index (χ4n) is 6.28. The Balaban J connectivity index is 1.57. The van der Waals surface area contributed by atoms with Crippen LogP contribution in [0, 0.1) is 11.8 Å². The largest absolute Gasteiger partial charge is 0.450 e. The van der Waals surface area contributed by atoms with Gasteiger partial charge in [-0.05, 0) is 37.7 Å². The van der Waals surface area contributed by atoms with Crippen LogP contribution < -0.4 is 22.1 Å². The molecule has 242 valence electrons. The van der Waals surface area contributed by atoms with Crippen LogP contribution in [0.25, 0.3) is 0 Å². The van der Waals surface area contributed by atoms with Crippen LogP contribution in [-0.4, -0.2) is 98.7 Å². The lowest BCUT2D eigenvalue weighted by Gasteiger charge is -2.34. The van der Waals surface area contributed by atoms with Crippen molar-refractivity contribution in [3.8, 4) is 0 Å². The molecule has 0 aliphatic carbocycles. The topological polar surface area (TPSA) is 218 Å². The van der Waals surface area contributed by atoms with Crippen LogP contribution in [-0.2, 0) is 34.3 Å². The molecule has 3 aliphatic rings. The first-order valence-electron chi connectivity index (χ1n) is 15.0. The number of rotatable bonds is 10. The summed E-state index contributed by atoms with van der Waals surface area (Å²) in [5.74, 6) is -4.48. The number of benzene rings is 1. The summed E-state index contributed by atoms with van der Waals surface area (Å²) in [6.07, 6.45) is -2.72. The van der Waals surface area contributed by atoms with Gasteiger partial charge in [0, 0.05) is 24.2 Å². The summed E-state index contributed by atoms with van der Waals surface area (Å²) in [6.45, 7) is 8.42. The van der Waals surface area contributed by atoms with Gasteiger partial charge in [0.15, 0.2) is 6.10 Å². The van der Waals surface area contributed by atoms with Crippen molar-refractivity contribution in [2.24, 2.45) is 23.3 Å². The summed E-state index contributed by atoms with van der Waals surface area (Å²) in [5, 5.41) is 27.6. The van der Waals surface area contributed by atoms with Crippen LogP contribution in [0.2, 0.25) is 0 Å². The molecule has 0 spiro atoms. The van der Waals surface area contributed by atoms with E-state index in [1.807, 2.05) is 0 Å². The molecule has 2 fully saturated rings. The molecule has 0 radical (unpaired) electrons. The Kier molecular flexibility index (Phi) is 9.57. The summed E-state index contributed by atoms with van der Waals surface area (Å²) in [6, 6.07) is 2.28. The average Bonchev–Trinajstić information content (AvgIpc) is 3.64. The van der Waals surface area contributed by atoms with E-state index in [0.717, 1.165) is 4.90 Å². The number of carbonyl (C=O) groups excluding carboxylic acids is 5. The number of hydrogen-bond acceptors (Lipinski definition) is 10. The van der Waals surface area contributed by atoms with E-state index in [9.17, 15) is 34.2 Å². The normalized spacial score (nSPS) is 26.8. The van der Waals surface area contributed by atoms with Crippen LogP contribution in [0.15, 0.2) is 24.3 Å². The third-order valence-electron chi connectivity index (χ3n) is 8.79. The average molecular weight is 617 g/mol. The van der Waals surface area contributed by atoms with E-state index in [-0.39, 0.29) is 6.42 Å². The molecule has 14 nitrogen and oxygen atoms in total. The first-order chi connectivity index (χ1) is 20.6. The van der Waals surface area contributed by atoms with Crippen LogP contribution >= 0.6 is 0 Å². The van der Waals surface area contributed by atoms with Crippen molar-refractivity contribution in [3.63, 3.8) is 0 Å². The highest BCUT2D eigenvalue weighted by atomic mass is 16.6. The van der Waals surface area contributed by atoms with E-state index in [2.05, 4.69) is 10.6 Å². The second kappa shape index (κ2) is 12.7. The summed E-state index contributed by atoms with van der Waals surface area (Å²) in [5.41, 5.74) is 10.9. The molecular weight excluding hydrogens is 572 g/mol. The molecule has 1 aromatic carbocycles. The van der Waals surface area contributed by atoms with Gasteiger partial charge in [0.05, 0.1) is 6.10 Å². The predicted octanol–water partition coefficient (Wildman–Crippen LogP) is -0.880. The number of nitrogens with one attached hydrogen (secondary N) is 2. The van der Waals surface area contributed by atoms with E-state index in [4.69, 9.17) is 16.2 Å². The number of likely N-dealkylation sites (tertiary alicyclic amines) is 2. The van der Waals surface area contributed by atoms with Crippen molar-refractivity contribution in [3.05, 3.63) is 29.8 Å². The van der Waals surface area contributed by atoms with E-state index >= 15 is 0 Å². The fraction of sp³-hybridized carbons (Fsp3) is 0.633. The molecule has 8 atom stereocenters. The van der Waals surface area contributed by atoms with Crippen molar-refractivity contribution >= 4 is 35.3 Å². The van der Waals surface area contributed by atoms with Crippen molar-refractivity contribution in [2.75, 3.05) is 11.9 Å². The Morgan fingerprint density at radius 2 is 1.70 bits per heavy atom. The van der Waals surface area contributed by atoms with Crippen molar-refractivity contribution in [1.29, 1.82) is 0 Å². The molecule has 2 saturated heterocycles. The molecule has 4 rings (SSSR count). The van der Waals surface area contributed by atoms with Gasteiger partial charge in [-0.1, -0.05) is 45.9 Å². The van der Waals surface area contributed by atoms with Gasteiger partial charge in [-0.25, -0.2) is 4.79 Å². The smallest absolute Gasteiger partial charge is 0.329 e. The summed E-state index contributed by atoms with van der Waals surface area (Å²) in [7, 11) is 0. The predicted molar refractivity (Wildman–Crippen MR) is 158 cm³/mol. The number of para-hydroxylation sites is 1. The maximum absolute atomic E-state index is 13.9. The number of hydrogen-bond donors (Lipinski definition) is 6. The number of fused-ring (bicyclic) bond motifs is 3. The highest BCUT2D eigenvalue weighted by molar-refractivity contribution is 5.95. The highest BCUT2D eigenvalue weighted by Gasteiger charge is 2.61. The standard InChI is InChI=1S/C30H44N6O8/c1-14(2)22(28(42)44-23(15(3)4)27(41)35-12-8-11-19(35)24(32)38)34-25(39)20-13-30(43)17-9-6-7-10-18(17)33-29(30)36(20)26(40)21(31)16(5)37/h6-7,9-10,14-16,19-23,29,33,37,43H,8,11-13,31H2,1-5H3,(H2,32,38)(H,34,39)/t16-,19+,20-,21+,22+,23-,29-,30+/m0/s1. The number of nitrogens with two attached hydrogens (primary N) is 2. The van der Waals surface area contributed by atoms with Gasteiger partial charge < -0.3 is 46.9 Å². The zero-order valence-electron chi connectivity index (χ0n) is 25.7. The number of amides is 4. The SMILES string of the molecule is CC(C)[C@H](OC(=O)[C@H](NC(=O)[C@@H]1C[C@@]2(O)c3ccccc3N[C@H]2N1C(=O)[C@H](N)[C@H](C)O)C(C)C)C(=O)N1CCC[C@@H]1C(N)=O. The van der Waals surface area contributed by atoms with E-state index in [1.165, 1.54) is 11.8 Å². The van der Waals surface area contributed by atoms with Crippen LogP contribution in [0.4, 0.5) is 5.69 Å². The molecule has 0 bridgehead atoms. The van der Waals surface area contributed by atoms with Gasteiger partial charge in [-0.3, -0.25) is 19.2 Å². The van der Waals surface area contributed by atoms with Crippen LogP contribution in [0.5, 0.6) is 0 Å². The lowest BCUT2D eigenvalue weighted by Crippen LogP contribution is -2.60. The fourth-order valence-corrected chi connectivity index (χ4v) is 6.28. The molecule has 1 aromatic rings. The lowest BCUT2D eigenvalue weighted by atomic mass is 9.91. The summed E-state index contributed by atoms with van der Waals surface area (Å²) < 4.78 is 5.69. The minimum atomic E-state index is -1.65. The van der Waals surface area contributed by atoms with E-state index in [1.54, 1.807) is 52.0 Å². The quantitative estimate of drug-likeness (QED) is 0.178. The second-order valence-corrected chi connectivity index (χ2v) is 12.7. The molecule has 0 aromatic heterocycles. The van der Waals surface area contributed by atoms with Crippen LogP contribution in [0.3, 0.4) is 0 Å². The number of aliphatic hydroxyl groups is 2. The first kappa shape index (κ1) is 33.1. The van der Waals surface area contributed by atoms with E-state index in [0.29, 0.717) is 30.6 Å². The number of primary amides is 1. The molecule has 3 heterocycles. The second-order valence-electron chi connectivity index (χ2n) is 12.7. The Bertz CT molecular complexity index is 1300. The molecule has 8 N–H and O–H groups in total. The lowest BCUT2D eigenvalue weighted by molar-refractivity contribution is -0.167. The maximum atomic E-state index is 13.9. The molecular formula is C30H44N6O8. The van der Waals surface area contributed by atoms with Crippen molar-refractivity contribution in [2.45, 2.75) is 102 Å². The van der Waals surface area contributed by atoms with Gasteiger partial charge in [-0.2, -0.15) is 0 Å². The molecule has 44 heavy (non-hydrogen) atoms. The summed E-state index contributed by atoms with van der Waals surface area (Å²) in [4.78, 5) is 68.7. The van der Waals surface area contributed by atoms with Crippen molar-refractivity contribution in [1.82, 2.24) is 15.1 Å². The summed E-state index contributed by atoms with van der Waals surface area (Å²) >= 11 is 0. The monoisotopic (exact) mass is 616 g/mol. The Labute approximate surface area is 256 Å². The highest BCUT2D eigenvalue weighted by Crippen LogP contribution is 2.49. The molecule has 0 saturated carbocycles. The van der Waals surface area contributed by atoms with Gasteiger partial charge in [-0.15, -0.1) is 0 Å². The maximum Gasteiger partial charge on any atom is 0.329 e. The molecule has 4 amide bonds. The number of carbonyl (C=O) groups is 5.